The van der Waals surface area contributed by atoms with Gasteiger partial charge in [-0.15, -0.1) is 0 Å². The maximum Gasteiger partial charge on any atom is 0.255 e. The second-order valence-corrected chi connectivity index (χ2v) is 6.09. The number of para-hydroxylation sites is 2. The van der Waals surface area contributed by atoms with Gasteiger partial charge >= 0.3 is 0 Å². The van der Waals surface area contributed by atoms with Gasteiger partial charge in [-0.1, -0.05) is 12.1 Å². The lowest BCUT2D eigenvalue weighted by molar-refractivity contribution is -0.130. The molecule has 1 fully saturated rings. The molecule has 1 aliphatic rings. The van der Waals surface area contributed by atoms with Crippen LogP contribution in [0.5, 0.6) is 5.75 Å². The number of anilines is 2. The van der Waals surface area contributed by atoms with Gasteiger partial charge in [-0.05, 0) is 18.2 Å². The van der Waals surface area contributed by atoms with Crippen LogP contribution in [-0.2, 0) is 4.79 Å². The number of ether oxygens (including phenoxy) is 1. The number of hydrogen-bond donors (Lipinski definition) is 1. The van der Waals surface area contributed by atoms with Crippen molar-refractivity contribution in [1.82, 2.24) is 14.8 Å². The third-order valence-corrected chi connectivity index (χ3v) is 4.38. The maximum absolute atomic E-state index is 12.7. The Hall–Kier alpha value is -3.09. The molecule has 3 rings (SSSR count). The zero-order valence-electron chi connectivity index (χ0n) is 14.9. The summed E-state index contributed by atoms with van der Waals surface area (Å²) in [5, 5.41) is 3.23. The Kier molecular flexibility index (Phi) is 5.36. The Labute approximate surface area is 152 Å². The normalized spacial score (nSPS) is 14.1. The fourth-order valence-corrected chi connectivity index (χ4v) is 2.94. The average molecular weight is 354 g/mol. The number of carbonyl (C=O) groups is 2. The van der Waals surface area contributed by atoms with E-state index in [-0.39, 0.29) is 11.8 Å². The van der Waals surface area contributed by atoms with Crippen molar-refractivity contribution in [2.45, 2.75) is 6.92 Å². The lowest BCUT2D eigenvalue weighted by atomic mass is 10.2. The second-order valence-electron chi connectivity index (χ2n) is 6.09. The van der Waals surface area contributed by atoms with Crippen molar-refractivity contribution in [2.24, 2.45) is 0 Å². The molecule has 0 unspecified atom stereocenters. The molecule has 0 spiro atoms. The second kappa shape index (κ2) is 7.86. The van der Waals surface area contributed by atoms with Crippen molar-refractivity contribution >= 4 is 23.2 Å². The van der Waals surface area contributed by atoms with Crippen molar-refractivity contribution in [3.05, 3.63) is 48.3 Å². The molecule has 1 aromatic heterocycles. The van der Waals surface area contributed by atoms with Gasteiger partial charge in [0.15, 0.2) is 0 Å². The number of nitrogens with zero attached hydrogens (tertiary/aromatic N) is 3. The van der Waals surface area contributed by atoms with Gasteiger partial charge < -0.3 is 19.9 Å². The molecule has 2 heterocycles. The average Bonchev–Trinajstić information content (AvgIpc) is 2.68. The fraction of sp³-hybridized carbons (Fsp3) is 0.316. The minimum atomic E-state index is -0.0793. The summed E-state index contributed by atoms with van der Waals surface area (Å²) < 4.78 is 5.33. The number of piperazine rings is 1. The molecule has 7 nitrogen and oxygen atoms in total. The molecule has 26 heavy (non-hydrogen) atoms. The third-order valence-electron chi connectivity index (χ3n) is 4.38. The molecule has 0 radical (unpaired) electrons. The molecule has 2 aromatic rings. The lowest BCUT2D eigenvalue weighted by Crippen LogP contribution is -2.50. The fourth-order valence-electron chi connectivity index (χ4n) is 2.94. The van der Waals surface area contributed by atoms with Crippen LogP contribution in [0.15, 0.2) is 42.7 Å². The summed E-state index contributed by atoms with van der Waals surface area (Å²) in [5.74, 6) is 0.677. The van der Waals surface area contributed by atoms with E-state index < -0.39 is 0 Å². The minimum Gasteiger partial charge on any atom is -0.495 e. The highest BCUT2D eigenvalue weighted by atomic mass is 16.5. The molecule has 2 amide bonds. The molecule has 1 aromatic carbocycles. The SMILES string of the molecule is COc1ccccc1Nc1cncc(C(=O)N2CCN(C(C)=O)CC2)c1. The van der Waals surface area contributed by atoms with Crippen molar-refractivity contribution in [1.29, 1.82) is 0 Å². The third kappa shape index (κ3) is 3.93. The van der Waals surface area contributed by atoms with Crippen LogP contribution in [-0.4, -0.2) is 59.9 Å². The van der Waals surface area contributed by atoms with Crippen LogP contribution in [0.3, 0.4) is 0 Å². The Morgan fingerprint density at radius 1 is 1.08 bits per heavy atom. The number of benzene rings is 1. The number of aromatic nitrogens is 1. The zero-order valence-corrected chi connectivity index (χ0v) is 14.9. The van der Waals surface area contributed by atoms with Gasteiger partial charge in [0, 0.05) is 39.3 Å². The van der Waals surface area contributed by atoms with Crippen LogP contribution in [0.1, 0.15) is 17.3 Å². The Balaban J connectivity index is 1.71. The number of hydrogen-bond acceptors (Lipinski definition) is 5. The van der Waals surface area contributed by atoms with Crippen LogP contribution in [0.4, 0.5) is 11.4 Å². The number of pyridine rings is 1. The maximum atomic E-state index is 12.7. The molecule has 0 saturated carbocycles. The number of nitrogens with one attached hydrogen (secondary N) is 1. The van der Waals surface area contributed by atoms with E-state index in [1.54, 1.807) is 42.3 Å². The van der Waals surface area contributed by atoms with E-state index in [9.17, 15) is 9.59 Å². The highest BCUT2D eigenvalue weighted by molar-refractivity contribution is 5.95. The topological polar surface area (TPSA) is 74.8 Å². The predicted molar refractivity (Wildman–Crippen MR) is 98.7 cm³/mol. The highest BCUT2D eigenvalue weighted by Gasteiger charge is 2.23. The molecule has 0 aliphatic carbocycles. The Morgan fingerprint density at radius 3 is 2.46 bits per heavy atom. The van der Waals surface area contributed by atoms with Gasteiger partial charge in [-0.2, -0.15) is 0 Å². The van der Waals surface area contributed by atoms with Crippen LogP contribution < -0.4 is 10.1 Å². The zero-order chi connectivity index (χ0) is 18.5. The molecule has 136 valence electrons. The summed E-state index contributed by atoms with van der Waals surface area (Å²) in [6.45, 7) is 3.74. The molecule has 1 saturated heterocycles. The lowest BCUT2D eigenvalue weighted by Gasteiger charge is -2.34. The molecule has 0 atom stereocenters. The van der Waals surface area contributed by atoms with Gasteiger partial charge in [0.25, 0.3) is 5.91 Å². The van der Waals surface area contributed by atoms with Crippen molar-refractivity contribution in [2.75, 3.05) is 38.6 Å². The summed E-state index contributed by atoms with van der Waals surface area (Å²) >= 11 is 0. The first-order chi connectivity index (χ1) is 12.6. The molecule has 1 aliphatic heterocycles. The van der Waals surface area contributed by atoms with Gasteiger partial charge in [-0.25, -0.2) is 0 Å². The Morgan fingerprint density at radius 2 is 1.77 bits per heavy atom. The molecule has 7 heteroatoms. The van der Waals surface area contributed by atoms with Crippen LogP contribution >= 0.6 is 0 Å². The van der Waals surface area contributed by atoms with Gasteiger partial charge in [0.1, 0.15) is 5.75 Å². The smallest absolute Gasteiger partial charge is 0.255 e. The minimum absolute atomic E-state index is 0.0433. The molecule has 1 N–H and O–H groups in total. The van der Waals surface area contributed by atoms with E-state index in [4.69, 9.17) is 4.74 Å². The number of carbonyl (C=O) groups excluding carboxylic acids is 2. The standard InChI is InChI=1S/C19H22N4O3/c1-14(24)22-7-9-23(10-8-22)19(25)15-11-16(13-20-12-15)21-17-5-3-4-6-18(17)26-2/h3-6,11-13,21H,7-10H2,1-2H3. The highest BCUT2D eigenvalue weighted by Crippen LogP contribution is 2.27. The van der Waals surface area contributed by atoms with Gasteiger partial charge in [0.05, 0.1) is 30.2 Å². The van der Waals surface area contributed by atoms with Crippen LogP contribution in [0.2, 0.25) is 0 Å². The molecular formula is C19H22N4O3. The molecular weight excluding hydrogens is 332 g/mol. The number of amides is 2. The summed E-state index contributed by atoms with van der Waals surface area (Å²) in [4.78, 5) is 31.8. The van der Waals surface area contributed by atoms with Crippen LogP contribution in [0.25, 0.3) is 0 Å². The van der Waals surface area contributed by atoms with Gasteiger partial charge in [-0.3, -0.25) is 14.6 Å². The summed E-state index contributed by atoms with van der Waals surface area (Å²) in [5.41, 5.74) is 2.03. The largest absolute Gasteiger partial charge is 0.495 e. The van der Waals surface area contributed by atoms with E-state index >= 15 is 0 Å². The summed E-state index contributed by atoms with van der Waals surface area (Å²) in [6, 6.07) is 9.33. The van der Waals surface area contributed by atoms with Crippen molar-refractivity contribution in [3.8, 4) is 5.75 Å². The number of rotatable bonds is 4. The number of methoxy groups -OCH3 is 1. The van der Waals surface area contributed by atoms with E-state index in [2.05, 4.69) is 10.3 Å². The van der Waals surface area contributed by atoms with E-state index in [1.807, 2.05) is 24.3 Å². The van der Waals surface area contributed by atoms with E-state index in [1.165, 1.54) is 0 Å². The van der Waals surface area contributed by atoms with Crippen molar-refractivity contribution < 1.29 is 14.3 Å². The van der Waals surface area contributed by atoms with E-state index in [0.29, 0.717) is 43.2 Å². The Bertz CT molecular complexity index is 801. The summed E-state index contributed by atoms with van der Waals surface area (Å²) in [6.07, 6.45) is 3.23. The summed E-state index contributed by atoms with van der Waals surface area (Å²) in [7, 11) is 1.61. The van der Waals surface area contributed by atoms with Crippen molar-refractivity contribution in [3.63, 3.8) is 0 Å². The first-order valence-corrected chi connectivity index (χ1v) is 8.48. The first kappa shape index (κ1) is 17.7. The quantitative estimate of drug-likeness (QED) is 0.910. The predicted octanol–water partition coefficient (Wildman–Crippen LogP) is 2.14. The van der Waals surface area contributed by atoms with E-state index in [0.717, 1.165) is 5.69 Å². The molecule has 0 bridgehead atoms. The van der Waals surface area contributed by atoms with Gasteiger partial charge in [0.2, 0.25) is 5.91 Å². The first-order valence-electron chi connectivity index (χ1n) is 8.48. The monoisotopic (exact) mass is 354 g/mol. The van der Waals surface area contributed by atoms with Crippen LogP contribution in [0, 0.1) is 0 Å².